The third-order valence-electron chi connectivity index (χ3n) is 7.40. The summed E-state index contributed by atoms with van der Waals surface area (Å²) in [5.74, 6) is -2.67. The number of hydrogen-bond donors (Lipinski definition) is 12. The van der Waals surface area contributed by atoms with Gasteiger partial charge in [0.05, 0.1) is 0 Å². The maximum Gasteiger partial charge on any atom is 0.408 e. The molecule has 0 saturated carbocycles. The normalized spacial score (nSPS) is 12.4. The molecule has 2 aromatic carbocycles. The fraction of sp³-hybridized carbons (Fsp3) is 0.424. The molecule has 0 aliphatic rings. The first-order valence-electron chi connectivity index (χ1n) is 16.2. The molecule has 272 valence electrons. The van der Waals surface area contributed by atoms with Crippen LogP contribution in [0.3, 0.4) is 0 Å². The molecule has 3 atom stereocenters. The van der Waals surface area contributed by atoms with Crippen molar-refractivity contribution >= 4 is 41.6 Å². The predicted octanol–water partition coefficient (Wildman–Crippen LogP) is 0.0340. The Morgan fingerprint density at radius 2 is 1.24 bits per heavy atom. The zero-order valence-corrected chi connectivity index (χ0v) is 28.4. The number of rotatable bonds is 20. The van der Waals surface area contributed by atoms with E-state index in [4.69, 9.17) is 38.2 Å². The van der Waals surface area contributed by atoms with Gasteiger partial charge in [0.25, 0.3) is 0 Å². The van der Waals surface area contributed by atoms with Crippen LogP contribution in [0, 0.1) is 22.1 Å². The topological polar surface area (TPSA) is 299 Å². The minimum absolute atomic E-state index is 0.0148. The van der Waals surface area contributed by atoms with Gasteiger partial charge in [-0.3, -0.25) is 30.6 Å². The van der Waals surface area contributed by atoms with Crippen LogP contribution in [0.4, 0.5) is 4.79 Å². The minimum Gasteiger partial charge on any atom is -0.445 e. The van der Waals surface area contributed by atoms with Gasteiger partial charge in [-0.15, -0.1) is 0 Å². The Balaban J connectivity index is 2.14. The number of benzene rings is 2. The number of carbonyl (C=O) groups is 4. The molecular formula is C33H50N12O5. The Bertz CT molecular complexity index is 1450. The smallest absolute Gasteiger partial charge is 0.408 e. The summed E-state index contributed by atoms with van der Waals surface area (Å²) in [7, 11) is 0. The van der Waals surface area contributed by atoms with Crippen LogP contribution in [0.15, 0.2) is 54.6 Å². The predicted molar refractivity (Wildman–Crippen MR) is 190 cm³/mol. The number of ether oxygens (including phenoxy) is 1. The van der Waals surface area contributed by atoms with Gasteiger partial charge in [-0.25, -0.2) is 4.79 Å². The highest BCUT2D eigenvalue weighted by Crippen LogP contribution is 2.09. The monoisotopic (exact) mass is 694 g/mol. The summed E-state index contributed by atoms with van der Waals surface area (Å²) in [5, 5.41) is 38.4. The van der Waals surface area contributed by atoms with E-state index in [0.29, 0.717) is 18.4 Å². The molecule has 0 radical (unpaired) electrons. The molecule has 2 aromatic rings. The van der Waals surface area contributed by atoms with Gasteiger partial charge in [0.2, 0.25) is 17.7 Å². The first-order chi connectivity index (χ1) is 23.8. The number of nitrogen functional groups attached to an aromatic ring is 1. The van der Waals surface area contributed by atoms with E-state index in [-0.39, 0.29) is 56.8 Å². The van der Waals surface area contributed by atoms with Gasteiger partial charge >= 0.3 is 6.09 Å². The summed E-state index contributed by atoms with van der Waals surface area (Å²) in [5.41, 5.74) is 18.3. The molecule has 2 rings (SSSR count). The van der Waals surface area contributed by atoms with E-state index in [9.17, 15) is 19.2 Å². The lowest BCUT2D eigenvalue weighted by molar-refractivity contribution is -0.133. The summed E-state index contributed by atoms with van der Waals surface area (Å²) in [6.45, 7) is 4.15. The van der Waals surface area contributed by atoms with Crippen molar-refractivity contribution < 1.29 is 23.9 Å². The summed E-state index contributed by atoms with van der Waals surface area (Å²) < 4.78 is 5.30. The van der Waals surface area contributed by atoms with Crippen LogP contribution in [0.5, 0.6) is 0 Å². The van der Waals surface area contributed by atoms with Crippen LogP contribution in [0.2, 0.25) is 0 Å². The lowest BCUT2D eigenvalue weighted by Gasteiger charge is -2.27. The molecule has 17 heteroatoms. The molecule has 0 spiro atoms. The first kappa shape index (κ1) is 40.3. The van der Waals surface area contributed by atoms with Crippen LogP contribution < -0.4 is 49.1 Å². The van der Waals surface area contributed by atoms with Crippen molar-refractivity contribution in [1.82, 2.24) is 31.9 Å². The summed E-state index contributed by atoms with van der Waals surface area (Å²) in [6, 6.07) is 12.6. The van der Waals surface area contributed by atoms with Crippen molar-refractivity contribution in [3.05, 3.63) is 71.3 Å². The molecule has 0 aromatic heterocycles. The second-order valence-corrected chi connectivity index (χ2v) is 11.8. The molecule has 0 saturated heterocycles. The number of carbonyl (C=O) groups excluding carboxylic acids is 4. The Kier molecular flexibility index (Phi) is 17.1. The van der Waals surface area contributed by atoms with Gasteiger partial charge in [-0.2, -0.15) is 0 Å². The average Bonchev–Trinajstić information content (AvgIpc) is 3.07. The third-order valence-corrected chi connectivity index (χ3v) is 7.40. The van der Waals surface area contributed by atoms with E-state index < -0.39 is 47.9 Å². The number of amides is 4. The van der Waals surface area contributed by atoms with Gasteiger partial charge < -0.3 is 53.8 Å². The summed E-state index contributed by atoms with van der Waals surface area (Å²) in [6.07, 6.45) is 0.241. The standard InChI is InChI=1S/C33H50N12O5/c1-20(2)26(45-29(47)25(11-7-17-41-32(38)39)44-33(49)50-19-22-8-4-3-5-9-22)30(48)43-24(10-6-16-40-31(36)37)28(46)42-18-21-12-14-23(15-13-21)27(34)35/h3-5,8-9,12-15,20,24-26H,6-7,10-11,16-19H2,1-2H3,(H3,34,35)(H,42,46)(H,43,48)(H,44,49)(H,45,47)(H4,36,37,40)(H4,38,39,41)/t24-,25-,26?/m0/s1. The molecule has 4 amide bonds. The second kappa shape index (κ2) is 21.2. The zero-order chi connectivity index (χ0) is 37.1. The SMILES string of the molecule is CC(C)C(NC(=O)[C@H](CCCNC(=N)N)NC(=O)OCc1ccccc1)C(=O)N[C@@H](CCCNC(=N)N)C(=O)NCc1ccc(C(=N)N)cc1. The molecular weight excluding hydrogens is 644 g/mol. The van der Waals surface area contributed by atoms with Gasteiger partial charge in [-0.1, -0.05) is 68.4 Å². The molecule has 1 unspecified atom stereocenters. The zero-order valence-electron chi connectivity index (χ0n) is 28.4. The number of hydrogen-bond acceptors (Lipinski definition) is 8. The summed E-state index contributed by atoms with van der Waals surface area (Å²) >= 11 is 0. The van der Waals surface area contributed by atoms with E-state index >= 15 is 0 Å². The molecule has 50 heavy (non-hydrogen) atoms. The van der Waals surface area contributed by atoms with Gasteiger partial charge in [0, 0.05) is 25.2 Å². The van der Waals surface area contributed by atoms with Crippen molar-refractivity contribution in [1.29, 1.82) is 16.2 Å². The van der Waals surface area contributed by atoms with Gasteiger partial charge in [0.1, 0.15) is 30.6 Å². The van der Waals surface area contributed by atoms with Crippen LogP contribution >= 0.6 is 0 Å². The van der Waals surface area contributed by atoms with E-state index in [2.05, 4.69) is 31.9 Å². The number of alkyl carbamates (subject to hydrolysis) is 1. The lowest BCUT2D eigenvalue weighted by atomic mass is 10.0. The molecule has 0 heterocycles. The van der Waals surface area contributed by atoms with E-state index in [1.165, 1.54) is 0 Å². The molecule has 15 N–H and O–H groups in total. The second-order valence-electron chi connectivity index (χ2n) is 11.8. The Morgan fingerprint density at radius 3 is 1.76 bits per heavy atom. The highest BCUT2D eigenvalue weighted by molar-refractivity contribution is 5.95. The first-order valence-corrected chi connectivity index (χ1v) is 16.2. The highest BCUT2D eigenvalue weighted by Gasteiger charge is 2.31. The van der Waals surface area contributed by atoms with E-state index in [1.807, 2.05) is 6.07 Å². The number of nitrogens with two attached hydrogens (primary N) is 3. The van der Waals surface area contributed by atoms with Crippen molar-refractivity contribution in [3.8, 4) is 0 Å². The minimum atomic E-state index is -1.09. The van der Waals surface area contributed by atoms with Crippen molar-refractivity contribution in [2.24, 2.45) is 23.1 Å². The summed E-state index contributed by atoms with van der Waals surface area (Å²) in [4.78, 5) is 53.1. The van der Waals surface area contributed by atoms with Gasteiger partial charge in [-0.05, 0) is 42.7 Å². The molecule has 0 aliphatic carbocycles. The number of nitrogens with one attached hydrogen (secondary N) is 9. The fourth-order valence-electron chi connectivity index (χ4n) is 4.67. The Morgan fingerprint density at radius 1 is 0.680 bits per heavy atom. The number of amidine groups is 1. The van der Waals surface area contributed by atoms with Crippen molar-refractivity contribution in [2.75, 3.05) is 13.1 Å². The Labute approximate surface area is 291 Å². The molecule has 0 fully saturated rings. The fourth-order valence-corrected chi connectivity index (χ4v) is 4.67. The van der Waals surface area contributed by atoms with Crippen LogP contribution in [0.25, 0.3) is 0 Å². The maximum absolute atomic E-state index is 13.6. The lowest BCUT2D eigenvalue weighted by Crippen LogP contribution is -2.58. The number of guanidine groups is 2. The molecule has 0 aliphatic heterocycles. The Hall–Kier alpha value is -5.87. The van der Waals surface area contributed by atoms with Crippen LogP contribution in [-0.2, 0) is 32.3 Å². The molecule has 17 nitrogen and oxygen atoms in total. The van der Waals surface area contributed by atoms with E-state index in [0.717, 1.165) is 11.1 Å². The van der Waals surface area contributed by atoms with Crippen molar-refractivity contribution in [2.45, 2.75) is 70.8 Å². The third kappa shape index (κ3) is 15.4. The largest absolute Gasteiger partial charge is 0.445 e. The van der Waals surface area contributed by atoms with Crippen molar-refractivity contribution in [3.63, 3.8) is 0 Å². The molecule has 0 bridgehead atoms. The average molecular weight is 695 g/mol. The van der Waals surface area contributed by atoms with Gasteiger partial charge in [0.15, 0.2) is 11.9 Å². The van der Waals surface area contributed by atoms with Crippen LogP contribution in [0.1, 0.15) is 56.2 Å². The quantitative estimate of drug-likeness (QED) is 0.0501. The van der Waals surface area contributed by atoms with E-state index in [1.54, 1.807) is 62.4 Å². The maximum atomic E-state index is 13.6. The highest BCUT2D eigenvalue weighted by atomic mass is 16.5. The van der Waals surface area contributed by atoms with Crippen LogP contribution in [-0.4, -0.2) is 72.8 Å².